The number of hydrogen-bond acceptors (Lipinski definition) is 4. The topological polar surface area (TPSA) is 82.1 Å². The van der Waals surface area contributed by atoms with E-state index in [0.717, 1.165) is 35.8 Å². The summed E-state index contributed by atoms with van der Waals surface area (Å²) in [7, 11) is 2.98. The predicted molar refractivity (Wildman–Crippen MR) is 112 cm³/mol. The monoisotopic (exact) mass is 425 g/mol. The van der Waals surface area contributed by atoms with Crippen molar-refractivity contribution in [3.8, 4) is 0 Å². The summed E-state index contributed by atoms with van der Waals surface area (Å²) in [5.74, 6) is 0.0360. The fourth-order valence-electron chi connectivity index (χ4n) is 5.34. The van der Waals surface area contributed by atoms with Crippen LogP contribution in [-0.2, 0) is 25.4 Å². The Morgan fingerprint density at radius 1 is 1.06 bits per heavy atom. The zero-order valence-corrected chi connectivity index (χ0v) is 17.5. The molecule has 31 heavy (non-hydrogen) atoms. The number of rotatable bonds is 3. The summed E-state index contributed by atoms with van der Waals surface area (Å²) in [6, 6.07) is 6.95. The smallest absolute Gasteiger partial charge is 0.332 e. The van der Waals surface area contributed by atoms with E-state index in [1.54, 1.807) is 11.6 Å². The predicted octanol–water partition coefficient (Wildman–Crippen LogP) is 1.51. The number of amides is 1. The standard InChI is InChI=1S/C22H24FN5O3/c1-25-20-19(21(30)26(2)22(25)31)27(12-24-20)11-18(29)28-16-7-8-17(28)10-14(9-16)13-3-5-15(23)6-4-13/h3-6,12,14,16-17H,7-11H2,1-2H3/t16-,17-/m1/s1. The second-order valence-corrected chi connectivity index (χ2v) is 8.66. The summed E-state index contributed by atoms with van der Waals surface area (Å²) < 4.78 is 17.2. The third-order valence-corrected chi connectivity index (χ3v) is 6.89. The molecule has 2 fully saturated rings. The van der Waals surface area contributed by atoms with Crippen molar-refractivity contribution in [2.24, 2.45) is 14.1 Å². The summed E-state index contributed by atoms with van der Waals surface area (Å²) in [4.78, 5) is 44.2. The first-order chi connectivity index (χ1) is 14.8. The number of carbonyl (C=O) groups excluding carboxylic acids is 1. The molecule has 9 heteroatoms. The van der Waals surface area contributed by atoms with Gasteiger partial charge in [0.2, 0.25) is 5.91 Å². The van der Waals surface area contributed by atoms with Crippen molar-refractivity contribution < 1.29 is 9.18 Å². The number of hydrogen-bond donors (Lipinski definition) is 0. The van der Waals surface area contributed by atoms with Gasteiger partial charge in [-0.3, -0.25) is 18.7 Å². The molecule has 1 aromatic carbocycles. The van der Waals surface area contributed by atoms with E-state index in [1.807, 2.05) is 17.0 Å². The molecule has 0 unspecified atom stereocenters. The van der Waals surface area contributed by atoms with Crippen molar-refractivity contribution in [1.82, 2.24) is 23.6 Å². The van der Waals surface area contributed by atoms with Gasteiger partial charge in [-0.05, 0) is 49.3 Å². The van der Waals surface area contributed by atoms with Crippen LogP contribution >= 0.6 is 0 Å². The van der Waals surface area contributed by atoms with E-state index in [9.17, 15) is 18.8 Å². The number of imidazole rings is 1. The number of piperidine rings is 1. The Hall–Kier alpha value is -3.23. The lowest BCUT2D eigenvalue weighted by molar-refractivity contribution is -0.136. The van der Waals surface area contributed by atoms with Crippen LogP contribution in [0.2, 0.25) is 0 Å². The molecule has 0 aliphatic carbocycles. The lowest BCUT2D eigenvalue weighted by atomic mass is 9.85. The molecule has 0 spiro atoms. The van der Waals surface area contributed by atoms with Gasteiger partial charge in [0.1, 0.15) is 12.4 Å². The van der Waals surface area contributed by atoms with Crippen molar-refractivity contribution in [3.63, 3.8) is 0 Å². The zero-order valence-electron chi connectivity index (χ0n) is 17.5. The first-order valence-electron chi connectivity index (χ1n) is 10.5. The highest BCUT2D eigenvalue weighted by Crippen LogP contribution is 2.43. The lowest BCUT2D eigenvalue weighted by Crippen LogP contribution is -2.47. The summed E-state index contributed by atoms with van der Waals surface area (Å²) in [5, 5.41) is 0. The minimum atomic E-state index is -0.457. The van der Waals surface area contributed by atoms with Gasteiger partial charge in [-0.15, -0.1) is 0 Å². The van der Waals surface area contributed by atoms with Gasteiger partial charge in [0.25, 0.3) is 5.56 Å². The van der Waals surface area contributed by atoms with Crippen molar-refractivity contribution in [3.05, 3.63) is 62.8 Å². The van der Waals surface area contributed by atoms with Crippen LogP contribution in [0, 0.1) is 5.82 Å². The highest BCUT2D eigenvalue weighted by molar-refractivity contribution is 5.80. The molecule has 8 nitrogen and oxygen atoms in total. The lowest BCUT2D eigenvalue weighted by Gasteiger charge is -2.39. The molecule has 2 bridgehead atoms. The Kier molecular flexibility index (Phi) is 4.56. The summed E-state index contributed by atoms with van der Waals surface area (Å²) in [5.41, 5.74) is 0.747. The Labute approximate surface area is 177 Å². The van der Waals surface area contributed by atoms with Gasteiger partial charge >= 0.3 is 5.69 Å². The molecule has 0 N–H and O–H groups in total. The maximum absolute atomic E-state index is 13.3. The van der Waals surface area contributed by atoms with Gasteiger partial charge in [-0.2, -0.15) is 0 Å². The second-order valence-electron chi connectivity index (χ2n) is 8.66. The first kappa shape index (κ1) is 19.7. The van der Waals surface area contributed by atoms with E-state index in [-0.39, 0.29) is 41.5 Å². The average molecular weight is 425 g/mol. The van der Waals surface area contributed by atoms with Crippen LogP contribution in [0.5, 0.6) is 0 Å². The summed E-state index contributed by atoms with van der Waals surface area (Å²) in [6.07, 6.45) is 5.07. The van der Waals surface area contributed by atoms with Crippen LogP contribution < -0.4 is 11.2 Å². The third kappa shape index (κ3) is 3.10. The van der Waals surface area contributed by atoms with E-state index in [0.29, 0.717) is 5.92 Å². The number of benzene rings is 1. The Bertz CT molecular complexity index is 1280. The van der Waals surface area contributed by atoms with Gasteiger partial charge in [-0.1, -0.05) is 12.1 Å². The van der Waals surface area contributed by atoms with Gasteiger partial charge in [-0.25, -0.2) is 14.2 Å². The Balaban J connectivity index is 1.39. The van der Waals surface area contributed by atoms with Crippen LogP contribution in [0.4, 0.5) is 4.39 Å². The molecule has 2 saturated heterocycles. The SMILES string of the molecule is Cn1c(=O)c2c(ncn2CC(=O)N2[C@@H]3CC[C@@H]2CC(c2ccc(F)cc2)C3)n(C)c1=O. The van der Waals surface area contributed by atoms with Gasteiger partial charge in [0, 0.05) is 26.2 Å². The van der Waals surface area contributed by atoms with E-state index in [2.05, 4.69) is 4.98 Å². The van der Waals surface area contributed by atoms with Crippen molar-refractivity contribution in [2.45, 2.75) is 50.2 Å². The van der Waals surface area contributed by atoms with E-state index in [1.165, 1.54) is 30.1 Å². The third-order valence-electron chi connectivity index (χ3n) is 6.89. The summed E-state index contributed by atoms with van der Waals surface area (Å²) >= 11 is 0. The van der Waals surface area contributed by atoms with Gasteiger partial charge in [0.05, 0.1) is 6.33 Å². The van der Waals surface area contributed by atoms with Crippen LogP contribution in [0.3, 0.4) is 0 Å². The van der Waals surface area contributed by atoms with Crippen LogP contribution in [-0.4, -0.2) is 41.6 Å². The van der Waals surface area contributed by atoms with Crippen molar-refractivity contribution in [2.75, 3.05) is 0 Å². The second kappa shape index (κ2) is 7.18. The molecule has 2 aliphatic rings. The number of carbonyl (C=O) groups is 1. The Morgan fingerprint density at radius 2 is 1.71 bits per heavy atom. The number of aromatic nitrogens is 4. The van der Waals surface area contributed by atoms with Crippen LogP contribution in [0.15, 0.2) is 40.2 Å². The molecule has 3 aromatic rings. The molecule has 0 radical (unpaired) electrons. The average Bonchev–Trinajstić information content (AvgIpc) is 3.29. The molecule has 1 amide bonds. The van der Waals surface area contributed by atoms with Gasteiger partial charge in [0.15, 0.2) is 11.2 Å². The van der Waals surface area contributed by atoms with Crippen LogP contribution in [0.25, 0.3) is 11.2 Å². The Morgan fingerprint density at radius 3 is 2.35 bits per heavy atom. The van der Waals surface area contributed by atoms with E-state index < -0.39 is 11.2 Å². The molecular weight excluding hydrogens is 401 g/mol. The molecule has 5 rings (SSSR count). The zero-order chi connectivity index (χ0) is 21.9. The highest BCUT2D eigenvalue weighted by Gasteiger charge is 2.43. The van der Waals surface area contributed by atoms with Crippen molar-refractivity contribution >= 4 is 17.1 Å². The normalized spacial score (nSPS) is 22.9. The molecular formula is C22H24FN5O3. The van der Waals surface area contributed by atoms with Crippen molar-refractivity contribution in [1.29, 1.82) is 0 Å². The molecule has 4 heterocycles. The maximum Gasteiger partial charge on any atom is 0.332 e. The van der Waals surface area contributed by atoms with E-state index >= 15 is 0 Å². The number of nitrogens with zero attached hydrogens (tertiary/aromatic N) is 5. The molecule has 0 saturated carbocycles. The molecule has 2 atom stereocenters. The number of fused-ring (bicyclic) bond motifs is 3. The largest absolute Gasteiger partial charge is 0.335 e. The summed E-state index contributed by atoms with van der Waals surface area (Å²) in [6.45, 7) is 0.0121. The highest BCUT2D eigenvalue weighted by atomic mass is 19.1. The number of aryl methyl sites for hydroxylation is 1. The number of halogens is 1. The quantitative estimate of drug-likeness (QED) is 0.637. The molecule has 162 valence electrons. The maximum atomic E-state index is 13.3. The van der Waals surface area contributed by atoms with Crippen LogP contribution in [0.1, 0.15) is 37.2 Å². The van der Waals surface area contributed by atoms with Gasteiger partial charge < -0.3 is 9.47 Å². The minimum absolute atomic E-state index is 0.0121. The minimum Gasteiger partial charge on any atom is -0.335 e. The molecule has 2 aromatic heterocycles. The molecule has 2 aliphatic heterocycles. The van der Waals surface area contributed by atoms with E-state index in [4.69, 9.17) is 0 Å². The fraction of sp³-hybridized carbons (Fsp3) is 0.455. The first-order valence-corrected chi connectivity index (χ1v) is 10.5. The fourth-order valence-corrected chi connectivity index (χ4v) is 5.34.